The topological polar surface area (TPSA) is 46.5 Å². The molecule has 0 aromatic rings. The van der Waals surface area contributed by atoms with Crippen molar-refractivity contribution in [2.24, 2.45) is 11.8 Å². The lowest BCUT2D eigenvalue weighted by Crippen LogP contribution is -2.47. The summed E-state index contributed by atoms with van der Waals surface area (Å²) in [4.78, 5) is 11.7. The minimum atomic E-state index is -1.32. The molecular weight excluding hydrogens is 192 g/mol. The van der Waals surface area contributed by atoms with Gasteiger partial charge in [-0.25, -0.2) is 4.79 Å². The first-order valence-electron chi connectivity index (χ1n) is 5.79. The summed E-state index contributed by atoms with van der Waals surface area (Å²) < 4.78 is 4.94. The van der Waals surface area contributed by atoms with Crippen LogP contribution in [0.5, 0.6) is 0 Å². The first-order chi connectivity index (χ1) is 6.90. The maximum absolute atomic E-state index is 11.7. The minimum Gasteiger partial charge on any atom is -0.464 e. The van der Waals surface area contributed by atoms with Gasteiger partial charge in [0.1, 0.15) is 0 Å². The van der Waals surface area contributed by atoms with Crippen LogP contribution in [0.2, 0.25) is 0 Å². The van der Waals surface area contributed by atoms with Gasteiger partial charge in [-0.15, -0.1) is 0 Å². The second-order valence-electron chi connectivity index (χ2n) is 4.43. The number of carbonyl (C=O) groups is 1. The summed E-state index contributed by atoms with van der Waals surface area (Å²) in [6, 6.07) is 0. The molecule has 3 heteroatoms. The third-order valence-corrected chi connectivity index (χ3v) is 3.01. The Hall–Kier alpha value is -0.570. The molecule has 0 aliphatic carbocycles. The number of carbonyl (C=O) groups excluding carboxylic acids is 1. The van der Waals surface area contributed by atoms with Crippen molar-refractivity contribution in [2.75, 3.05) is 6.61 Å². The monoisotopic (exact) mass is 216 g/mol. The number of esters is 1. The summed E-state index contributed by atoms with van der Waals surface area (Å²) in [7, 11) is 0. The molecule has 90 valence electrons. The van der Waals surface area contributed by atoms with Crippen molar-refractivity contribution in [3.05, 3.63) is 0 Å². The van der Waals surface area contributed by atoms with E-state index in [1.807, 2.05) is 27.7 Å². The molecule has 15 heavy (non-hydrogen) atoms. The zero-order valence-electron chi connectivity index (χ0n) is 10.5. The lowest BCUT2D eigenvalue weighted by Gasteiger charge is -2.33. The first kappa shape index (κ1) is 14.4. The second kappa shape index (κ2) is 6.11. The Balaban J connectivity index is 4.78. The summed E-state index contributed by atoms with van der Waals surface area (Å²) in [5.41, 5.74) is -1.32. The average Bonchev–Trinajstić information content (AvgIpc) is 2.17. The fourth-order valence-corrected chi connectivity index (χ4v) is 1.70. The summed E-state index contributed by atoms with van der Waals surface area (Å²) in [5.74, 6) is -0.310. The quantitative estimate of drug-likeness (QED) is 0.693. The molecule has 2 atom stereocenters. The Bertz CT molecular complexity index is 201. The summed E-state index contributed by atoms with van der Waals surface area (Å²) in [6.07, 6.45) is 1.23. The summed E-state index contributed by atoms with van der Waals surface area (Å²) in [6.45, 7) is 9.93. The Morgan fingerprint density at radius 3 is 2.20 bits per heavy atom. The number of rotatable bonds is 6. The molecule has 0 amide bonds. The van der Waals surface area contributed by atoms with Crippen molar-refractivity contribution in [2.45, 2.75) is 53.1 Å². The van der Waals surface area contributed by atoms with E-state index in [0.717, 1.165) is 6.42 Å². The Labute approximate surface area is 92.8 Å². The predicted octanol–water partition coefficient (Wildman–Crippen LogP) is 2.37. The van der Waals surface area contributed by atoms with Crippen LogP contribution in [0.15, 0.2) is 0 Å². The fourth-order valence-electron chi connectivity index (χ4n) is 1.70. The SMILES string of the molecule is CCCC(O)(C(=O)OCC)C(C)C(C)C. The van der Waals surface area contributed by atoms with Gasteiger partial charge in [-0.05, 0) is 25.2 Å². The van der Waals surface area contributed by atoms with E-state index in [-0.39, 0.29) is 11.8 Å². The van der Waals surface area contributed by atoms with Crippen LogP contribution in [-0.2, 0) is 9.53 Å². The third kappa shape index (κ3) is 3.49. The van der Waals surface area contributed by atoms with Crippen molar-refractivity contribution in [3.8, 4) is 0 Å². The minimum absolute atomic E-state index is 0.0866. The Morgan fingerprint density at radius 2 is 1.87 bits per heavy atom. The highest BCUT2D eigenvalue weighted by atomic mass is 16.5. The molecule has 3 nitrogen and oxygen atoms in total. The van der Waals surface area contributed by atoms with E-state index in [4.69, 9.17) is 4.74 Å². The van der Waals surface area contributed by atoms with Gasteiger partial charge >= 0.3 is 5.97 Å². The second-order valence-corrected chi connectivity index (χ2v) is 4.43. The van der Waals surface area contributed by atoms with Gasteiger partial charge in [0.15, 0.2) is 5.60 Å². The van der Waals surface area contributed by atoms with Crippen molar-refractivity contribution < 1.29 is 14.6 Å². The predicted molar refractivity (Wildman–Crippen MR) is 60.5 cm³/mol. The Morgan fingerprint density at radius 1 is 1.33 bits per heavy atom. The zero-order chi connectivity index (χ0) is 12.1. The van der Waals surface area contributed by atoms with Crippen LogP contribution in [0.1, 0.15) is 47.5 Å². The maximum atomic E-state index is 11.7. The zero-order valence-corrected chi connectivity index (χ0v) is 10.5. The summed E-state index contributed by atoms with van der Waals surface area (Å²) >= 11 is 0. The van der Waals surface area contributed by atoms with Gasteiger partial charge in [0.25, 0.3) is 0 Å². The molecule has 0 saturated heterocycles. The standard InChI is InChI=1S/C12H24O3/c1-6-8-12(14,10(5)9(3)4)11(13)15-7-2/h9-10,14H,6-8H2,1-5H3. The van der Waals surface area contributed by atoms with Crippen LogP contribution in [0.3, 0.4) is 0 Å². The highest BCUT2D eigenvalue weighted by Gasteiger charge is 2.43. The maximum Gasteiger partial charge on any atom is 0.338 e. The molecule has 0 spiro atoms. The lowest BCUT2D eigenvalue weighted by atomic mass is 9.78. The molecule has 0 aliphatic heterocycles. The summed E-state index contributed by atoms with van der Waals surface area (Å²) in [5, 5.41) is 10.4. The molecule has 0 heterocycles. The van der Waals surface area contributed by atoms with E-state index in [9.17, 15) is 9.90 Å². The van der Waals surface area contributed by atoms with E-state index in [1.165, 1.54) is 0 Å². The lowest BCUT2D eigenvalue weighted by molar-refractivity contribution is -0.174. The van der Waals surface area contributed by atoms with Gasteiger partial charge in [-0.1, -0.05) is 34.1 Å². The van der Waals surface area contributed by atoms with Crippen molar-refractivity contribution in [3.63, 3.8) is 0 Å². The Kier molecular flexibility index (Phi) is 5.88. The number of ether oxygens (including phenoxy) is 1. The van der Waals surface area contributed by atoms with Crippen molar-refractivity contribution in [1.29, 1.82) is 0 Å². The highest BCUT2D eigenvalue weighted by Crippen LogP contribution is 2.30. The number of hydrogen-bond acceptors (Lipinski definition) is 3. The first-order valence-corrected chi connectivity index (χ1v) is 5.79. The van der Waals surface area contributed by atoms with E-state index in [2.05, 4.69) is 0 Å². The van der Waals surface area contributed by atoms with E-state index in [0.29, 0.717) is 13.0 Å². The third-order valence-electron chi connectivity index (χ3n) is 3.01. The molecule has 0 radical (unpaired) electrons. The van der Waals surface area contributed by atoms with Crippen LogP contribution in [0.4, 0.5) is 0 Å². The highest BCUT2D eigenvalue weighted by molar-refractivity contribution is 5.79. The molecule has 0 aliphatic rings. The van der Waals surface area contributed by atoms with Gasteiger partial charge < -0.3 is 9.84 Å². The van der Waals surface area contributed by atoms with Crippen LogP contribution in [0, 0.1) is 11.8 Å². The van der Waals surface area contributed by atoms with E-state index in [1.54, 1.807) is 6.92 Å². The molecule has 0 rings (SSSR count). The van der Waals surface area contributed by atoms with Crippen molar-refractivity contribution >= 4 is 5.97 Å². The van der Waals surface area contributed by atoms with Crippen LogP contribution in [0.25, 0.3) is 0 Å². The van der Waals surface area contributed by atoms with Gasteiger partial charge in [0, 0.05) is 0 Å². The van der Waals surface area contributed by atoms with Crippen LogP contribution >= 0.6 is 0 Å². The normalized spacial score (nSPS) is 17.3. The molecule has 0 fully saturated rings. The molecule has 0 aromatic heterocycles. The molecule has 2 unspecified atom stereocenters. The van der Waals surface area contributed by atoms with Crippen LogP contribution < -0.4 is 0 Å². The largest absolute Gasteiger partial charge is 0.464 e. The van der Waals surface area contributed by atoms with Gasteiger partial charge in [0.05, 0.1) is 6.61 Å². The van der Waals surface area contributed by atoms with E-state index < -0.39 is 11.6 Å². The number of hydrogen-bond donors (Lipinski definition) is 1. The van der Waals surface area contributed by atoms with Gasteiger partial charge in [-0.2, -0.15) is 0 Å². The molecule has 0 aromatic carbocycles. The van der Waals surface area contributed by atoms with Crippen molar-refractivity contribution in [1.82, 2.24) is 0 Å². The molecule has 0 saturated carbocycles. The smallest absolute Gasteiger partial charge is 0.338 e. The fraction of sp³-hybridized carbons (Fsp3) is 0.917. The molecular formula is C12H24O3. The number of aliphatic hydroxyl groups is 1. The van der Waals surface area contributed by atoms with E-state index >= 15 is 0 Å². The molecule has 1 N–H and O–H groups in total. The van der Waals surface area contributed by atoms with Crippen LogP contribution in [-0.4, -0.2) is 23.3 Å². The van der Waals surface area contributed by atoms with Gasteiger partial charge in [0.2, 0.25) is 0 Å². The molecule has 0 bridgehead atoms. The van der Waals surface area contributed by atoms with Gasteiger partial charge in [-0.3, -0.25) is 0 Å². The average molecular weight is 216 g/mol.